The van der Waals surface area contributed by atoms with Crippen molar-refractivity contribution in [2.24, 2.45) is 11.8 Å². The van der Waals surface area contributed by atoms with Gasteiger partial charge in [-0.05, 0) is 37.3 Å². The Bertz CT molecular complexity index is 836. The number of piperazine rings is 1. The van der Waals surface area contributed by atoms with Gasteiger partial charge in [0, 0.05) is 39.3 Å². The van der Waals surface area contributed by atoms with Crippen LogP contribution in [0.5, 0.6) is 0 Å². The molecule has 4 rings (SSSR count). The molecule has 150 valence electrons. The van der Waals surface area contributed by atoms with Crippen LogP contribution in [0.3, 0.4) is 0 Å². The minimum absolute atomic E-state index is 0.286. The van der Waals surface area contributed by atoms with Crippen molar-refractivity contribution in [2.75, 3.05) is 50.7 Å². The van der Waals surface area contributed by atoms with E-state index in [9.17, 15) is 4.79 Å². The highest BCUT2D eigenvalue weighted by Crippen LogP contribution is 2.23. The lowest BCUT2D eigenvalue weighted by Crippen LogP contribution is -2.52. The Balaban J connectivity index is 1.36. The first-order valence-electron chi connectivity index (χ1n) is 10.5. The van der Waals surface area contributed by atoms with Crippen molar-refractivity contribution in [3.63, 3.8) is 0 Å². The van der Waals surface area contributed by atoms with Crippen molar-refractivity contribution in [1.82, 2.24) is 19.8 Å². The fourth-order valence-electron chi connectivity index (χ4n) is 4.65. The molecule has 0 N–H and O–H groups in total. The van der Waals surface area contributed by atoms with Crippen LogP contribution in [0.4, 0.5) is 5.82 Å². The van der Waals surface area contributed by atoms with Gasteiger partial charge in [-0.3, -0.25) is 9.69 Å². The average Bonchev–Trinajstić information content (AvgIpc) is 2.67. The van der Waals surface area contributed by atoms with Crippen LogP contribution in [0.15, 0.2) is 24.3 Å². The fourth-order valence-corrected chi connectivity index (χ4v) is 4.65. The first-order valence-corrected chi connectivity index (χ1v) is 10.5. The molecule has 6 nitrogen and oxygen atoms in total. The van der Waals surface area contributed by atoms with E-state index in [1.165, 1.54) is 6.42 Å². The third-order valence-corrected chi connectivity index (χ3v) is 5.97. The second-order valence-corrected chi connectivity index (χ2v) is 8.63. The molecule has 2 aliphatic heterocycles. The van der Waals surface area contributed by atoms with Crippen LogP contribution >= 0.6 is 0 Å². The van der Waals surface area contributed by atoms with Gasteiger partial charge in [0.15, 0.2) is 5.82 Å². The Labute approximate surface area is 167 Å². The minimum atomic E-state index is 0.286. The molecular weight excluding hydrogens is 350 g/mol. The quantitative estimate of drug-likeness (QED) is 0.818. The third-order valence-electron chi connectivity index (χ3n) is 5.97. The number of anilines is 1. The summed E-state index contributed by atoms with van der Waals surface area (Å²) in [6.45, 7) is 12.4. The van der Waals surface area contributed by atoms with Crippen molar-refractivity contribution in [3.05, 3.63) is 30.0 Å². The summed E-state index contributed by atoms with van der Waals surface area (Å²) in [5.74, 6) is 2.48. The summed E-state index contributed by atoms with van der Waals surface area (Å²) in [5, 5.41) is 0. The number of nitrogens with zero attached hydrogens (tertiary/aromatic N) is 5. The molecule has 1 amide bonds. The number of benzene rings is 1. The average molecular weight is 382 g/mol. The van der Waals surface area contributed by atoms with E-state index in [1.807, 2.05) is 31.2 Å². The lowest BCUT2D eigenvalue weighted by molar-refractivity contribution is -0.135. The highest BCUT2D eigenvalue weighted by molar-refractivity contribution is 5.78. The maximum Gasteiger partial charge on any atom is 0.236 e. The number of carbonyl (C=O) groups excluding carboxylic acids is 1. The number of aromatic nitrogens is 2. The molecule has 2 aromatic rings. The molecular formula is C22H31N5O. The minimum Gasteiger partial charge on any atom is -0.353 e. The number of fused-ring (bicyclic) bond motifs is 1. The zero-order valence-corrected chi connectivity index (χ0v) is 17.3. The number of hydrogen-bond acceptors (Lipinski definition) is 5. The highest BCUT2D eigenvalue weighted by Gasteiger charge is 2.28. The SMILES string of the molecule is Cc1nc2ccccc2nc1N1CCN(CC(=O)N2C[C@H](C)C[C@@H](C)C2)CC1. The van der Waals surface area contributed by atoms with Gasteiger partial charge in [-0.1, -0.05) is 26.0 Å². The number of piperidine rings is 1. The third kappa shape index (κ3) is 4.12. The Kier molecular flexibility index (Phi) is 5.49. The summed E-state index contributed by atoms with van der Waals surface area (Å²) in [4.78, 5) is 29.0. The predicted molar refractivity (Wildman–Crippen MR) is 112 cm³/mol. The van der Waals surface area contributed by atoms with Crippen LogP contribution in [0.2, 0.25) is 0 Å². The van der Waals surface area contributed by atoms with Gasteiger partial charge < -0.3 is 9.80 Å². The molecule has 0 unspecified atom stereocenters. The van der Waals surface area contributed by atoms with Crippen LogP contribution in [-0.2, 0) is 4.79 Å². The van der Waals surface area contributed by atoms with Gasteiger partial charge in [0.2, 0.25) is 5.91 Å². The van der Waals surface area contributed by atoms with Crippen molar-refractivity contribution in [2.45, 2.75) is 27.2 Å². The molecule has 2 atom stereocenters. The predicted octanol–water partition coefficient (Wildman–Crippen LogP) is 2.56. The second kappa shape index (κ2) is 8.03. The van der Waals surface area contributed by atoms with E-state index in [4.69, 9.17) is 9.97 Å². The van der Waals surface area contributed by atoms with Crippen molar-refractivity contribution < 1.29 is 4.79 Å². The monoisotopic (exact) mass is 381 g/mol. The number of rotatable bonds is 3. The maximum atomic E-state index is 12.8. The summed E-state index contributed by atoms with van der Waals surface area (Å²) in [6.07, 6.45) is 1.23. The maximum absolute atomic E-state index is 12.8. The zero-order valence-electron chi connectivity index (χ0n) is 17.3. The Morgan fingerprint density at radius 2 is 1.61 bits per heavy atom. The summed E-state index contributed by atoms with van der Waals surface area (Å²) >= 11 is 0. The number of amides is 1. The molecule has 0 aliphatic carbocycles. The molecule has 2 saturated heterocycles. The van der Waals surface area contributed by atoms with E-state index < -0.39 is 0 Å². The summed E-state index contributed by atoms with van der Waals surface area (Å²) in [7, 11) is 0. The van der Waals surface area contributed by atoms with Gasteiger partial charge in [-0.25, -0.2) is 9.97 Å². The number of para-hydroxylation sites is 2. The topological polar surface area (TPSA) is 52.6 Å². The normalized spacial score (nSPS) is 24.0. The van der Waals surface area contributed by atoms with E-state index >= 15 is 0 Å². The standard InChI is InChI=1S/C22H31N5O/c1-16-12-17(2)14-27(13-16)21(28)15-25-8-10-26(11-9-25)22-18(3)23-19-6-4-5-7-20(19)24-22/h4-7,16-17H,8-15H2,1-3H3/t16-,17-/m1/s1. The second-order valence-electron chi connectivity index (χ2n) is 8.63. The van der Waals surface area contributed by atoms with E-state index in [0.29, 0.717) is 18.4 Å². The van der Waals surface area contributed by atoms with Crippen LogP contribution < -0.4 is 4.90 Å². The molecule has 6 heteroatoms. The molecule has 2 aliphatic rings. The van der Waals surface area contributed by atoms with E-state index in [-0.39, 0.29) is 5.91 Å². The Morgan fingerprint density at radius 3 is 2.25 bits per heavy atom. The summed E-state index contributed by atoms with van der Waals surface area (Å²) in [5.41, 5.74) is 2.85. The molecule has 2 fully saturated rings. The Hall–Kier alpha value is -2.21. The molecule has 0 saturated carbocycles. The molecule has 3 heterocycles. The summed E-state index contributed by atoms with van der Waals surface area (Å²) in [6, 6.07) is 8.02. The van der Waals surface area contributed by atoms with Crippen molar-refractivity contribution >= 4 is 22.8 Å². The number of likely N-dealkylation sites (tertiary alicyclic amines) is 1. The molecule has 28 heavy (non-hydrogen) atoms. The highest BCUT2D eigenvalue weighted by atomic mass is 16.2. The number of aryl methyl sites for hydroxylation is 1. The lowest BCUT2D eigenvalue weighted by Gasteiger charge is -2.38. The van der Waals surface area contributed by atoms with Crippen LogP contribution in [0.25, 0.3) is 11.0 Å². The van der Waals surface area contributed by atoms with Gasteiger partial charge in [-0.15, -0.1) is 0 Å². The van der Waals surface area contributed by atoms with Crippen molar-refractivity contribution in [3.8, 4) is 0 Å². The number of carbonyl (C=O) groups is 1. The largest absolute Gasteiger partial charge is 0.353 e. The lowest BCUT2D eigenvalue weighted by atomic mass is 9.92. The van der Waals surface area contributed by atoms with E-state index in [1.54, 1.807) is 0 Å². The van der Waals surface area contributed by atoms with Crippen molar-refractivity contribution in [1.29, 1.82) is 0 Å². The smallest absolute Gasteiger partial charge is 0.236 e. The van der Waals surface area contributed by atoms with Gasteiger partial charge >= 0.3 is 0 Å². The first-order chi connectivity index (χ1) is 13.5. The van der Waals surface area contributed by atoms with Crippen LogP contribution in [0.1, 0.15) is 26.0 Å². The van der Waals surface area contributed by atoms with E-state index in [0.717, 1.165) is 61.8 Å². The van der Waals surface area contributed by atoms with Crippen LogP contribution in [-0.4, -0.2) is 71.5 Å². The van der Waals surface area contributed by atoms with Gasteiger partial charge in [0.05, 0.1) is 23.3 Å². The summed E-state index contributed by atoms with van der Waals surface area (Å²) < 4.78 is 0. The molecule has 1 aromatic carbocycles. The fraction of sp³-hybridized carbons (Fsp3) is 0.591. The van der Waals surface area contributed by atoms with Gasteiger partial charge in [0.25, 0.3) is 0 Å². The molecule has 1 aromatic heterocycles. The van der Waals surface area contributed by atoms with E-state index in [2.05, 4.69) is 28.5 Å². The molecule has 0 bridgehead atoms. The van der Waals surface area contributed by atoms with Gasteiger partial charge in [-0.2, -0.15) is 0 Å². The zero-order chi connectivity index (χ0) is 19.7. The molecule has 0 spiro atoms. The number of hydrogen-bond donors (Lipinski definition) is 0. The first kappa shape index (κ1) is 19.1. The van der Waals surface area contributed by atoms with Crippen LogP contribution in [0, 0.1) is 18.8 Å². The van der Waals surface area contributed by atoms with Gasteiger partial charge in [0.1, 0.15) is 0 Å². The molecule has 0 radical (unpaired) electrons. The Morgan fingerprint density at radius 1 is 1.00 bits per heavy atom.